The number of aliphatic hydroxyl groups is 1. The van der Waals surface area contributed by atoms with Gasteiger partial charge in [0, 0.05) is 9.75 Å². The lowest BCUT2D eigenvalue weighted by Gasteiger charge is -2.11. The molecule has 1 aromatic carbocycles. The number of benzene rings is 1. The summed E-state index contributed by atoms with van der Waals surface area (Å²) in [5, 5.41) is 10.3. The molecule has 1 atom stereocenters. The van der Waals surface area contributed by atoms with Crippen LogP contribution >= 0.6 is 11.3 Å². The van der Waals surface area contributed by atoms with Crippen LogP contribution in [0.5, 0.6) is 5.75 Å². The molecule has 0 amide bonds. The van der Waals surface area contributed by atoms with Gasteiger partial charge in [0.1, 0.15) is 11.9 Å². The van der Waals surface area contributed by atoms with Gasteiger partial charge in [-0.1, -0.05) is 19.1 Å². The lowest BCUT2D eigenvalue weighted by atomic mass is 10.1. The van der Waals surface area contributed by atoms with Crippen molar-refractivity contribution in [2.45, 2.75) is 26.4 Å². The zero-order valence-corrected chi connectivity index (χ0v) is 11.5. The van der Waals surface area contributed by atoms with Gasteiger partial charge in [-0.05, 0) is 43.2 Å². The number of ether oxygens (including phenoxy) is 1. The summed E-state index contributed by atoms with van der Waals surface area (Å²) in [6.45, 7) is 4.83. The summed E-state index contributed by atoms with van der Waals surface area (Å²) in [6.07, 6.45) is 0.422. The second-order valence-corrected chi connectivity index (χ2v) is 5.59. The van der Waals surface area contributed by atoms with Crippen LogP contribution < -0.4 is 4.74 Å². The SMILES string of the molecule is CCCOc1cccc(C(O)c2ccc(C)s2)c1. The van der Waals surface area contributed by atoms with Crippen molar-refractivity contribution in [2.24, 2.45) is 0 Å². The fourth-order valence-corrected chi connectivity index (χ4v) is 2.65. The van der Waals surface area contributed by atoms with Gasteiger partial charge >= 0.3 is 0 Å². The summed E-state index contributed by atoms with van der Waals surface area (Å²) in [7, 11) is 0. The highest BCUT2D eigenvalue weighted by Crippen LogP contribution is 2.29. The molecule has 0 aliphatic rings. The standard InChI is InChI=1S/C15H18O2S/c1-3-9-17-13-6-4-5-12(10-13)15(16)14-8-7-11(2)18-14/h4-8,10,15-16H,3,9H2,1-2H3. The predicted molar refractivity (Wildman–Crippen MR) is 75.3 cm³/mol. The molecule has 0 bridgehead atoms. The van der Waals surface area contributed by atoms with Crippen LogP contribution in [0.3, 0.4) is 0 Å². The molecule has 0 fully saturated rings. The third-order valence-corrected chi connectivity index (χ3v) is 3.73. The Morgan fingerprint density at radius 3 is 2.78 bits per heavy atom. The normalized spacial score (nSPS) is 12.4. The summed E-state index contributed by atoms with van der Waals surface area (Å²) in [5.41, 5.74) is 0.880. The van der Waals surface area contributed by atoms with E-state index in [1.165, 1.54) is 4.88 Å². The van der Waals surface area contributed by atoms with Crippen LogP contribution in [0.25, 0.3) is 0 Å². The van der Waals surface area contributed by atoms with E-state index in [1.54, 1.807) is 11.3 Å². The topological polar surface area (TPSA) is 29.5 Å². The van der Waals surface area contributed by atoms with Gasteiger partial charge < -0.3 is 9.84 Å². The van der Waals surface area contributed by atoms with Crippen LogP contribution in [0, 0.1) is 6.92 Å². The minimum atomic E-state index is -0.561. The molecule has 18 heavy (non-hydrogen) atoms. The molecule has 1 heterocycles. The summed E-state index contributed by atoms with van der Waals surface area (Å²) < 4.78 is 5.58. The van der Waals surface area contributed by atoms with Gasteiger partial charge in [-0.3, -0.25) is 0 Å². The monoisotopic (exact) mass is 262 g/mol. The average Bonchev–Trinajstić information content (AvgIpc) is 2.82. The fraction of sp³-hybridized carbons (Fsp3) is 0.333. The molecule has 1 aromatic heterocycles. The maximum atomic E-state index is 10.3. The van der Waals surface area contributed by atoms with Crippen LogP contribution in [-0.4, -0.2) is 11.7 Å². The van der Waals surface area contributed by atoms with E-state index in [-0.39, 0.29) is 0 Å². The molecular weight excluding hydrogens is 244 g/mol. The molecule has 96 valence electrons. The molecule has 0 saturated heterocycles. The van der Waals surface area contributed by atoms with Gasteiger partial charge in [0.2, 0.25) is 0 Å². The first-order chi connectivity index (χ1) is 8.70. The number of hydrogen-bond acceptors (Lipinski definition) is 3. The highest BCUT2D eigenvalue weighted by Gasteiger charge is 2.12. The summed E-state index contributed by atoms with van der Waals surface area (Å²) >= 11 is 1.62. The Morgan fingerprint density at radius 1 is 1.28 bits per heavy atom. The van der Waals surface area contributed by atoms with Crippen LogP contribution in [0.15, 0.2) is 36.4 Å². The molecule has 2 rings (SSSR count). The van der Waals surface area contributed by atoms with Crippen molar-refractivity contribution in [2.75, 3.05) is 6.61 Å². The van der Waals surface area contributed by atoms with E-state index in [1.807, 2.05) is 43.3 Å². The van der Waals surface area contributed by atoms with Crippen LogP contribution in [0.2, 0.25) is 0 Å². The molecule has 3 heteroatoms. The maximum absolute atomic E-state index is 10.3. The Balaban J connectivity index is 2.17. The van der Waals surface area contributed by atoms with Crippen molar-refractivity contribution in [3.63, 3.8) is 0 Å². The molecule has 0 saturated carbocycles. The Morgan fingerprint density at radius 2 is 2.11 bits per heavy atom. The molecule has 1 unspecified atom stereocenters. The van der Waals surface area contributed by atoms with E-state index in [0.29, 0.717) is 6.61 Å². The largest absolute Gasteiger partial charge is 0.494 e. The van der Waals surface area contributed by atoms with Gasteiger partial charge in [0.25, 0.3) is 0 Å². The van der Waals surface area contributed by atoms with Crippen molar-refractivity contribution in [3.05, 3.63) is 51.7 Å². The Labute approximate surface area is 112 Å². The summed E-state index contributed by atoms with van der Waals surface area (Å²) in [6, 6.07) is 11.7. The first-order valence-corrected chi connectivity index (χ1v) is 6.99. The van der Waals surface area contributed by atoms with Crippen molar-refractivity contribution >= 4 is 11.3 Å². The Bertz CT molecular complexity index is 505. The molecule has 2 nitrogen and oxygen atoms in total. The lowest BCUT2D eigenvalue weighted by molar-refractivity contribution is 0.223. The number of aryl methyl sites for hydroxylation is 1. The minimum Gasteiger partial charge on any atom is -0.494 e. The van der Waals surface area contributed by atoms with E-state index >= 15 is 0 Å². The van der Waals surface area contributed by atoms with Crippen molar-refractivity contribution in [1.29, 1.82) is 0 Å². The predicted octanol–water partition coefficient (Wildman–Crippen LogP) is 3.93. The van der Waals surface area contributed by atoms with Gasteiger partial charge in [-0.25, -0.2) is 0 Å². The van der Waals surface area contributed by atoms with E-state index < -0.39 is 6.10 Å². The smallest absolute Gasteiger partial charge is 0.119 e. The summed E-state index contributed by atoms with van der Waals surface area (Å²) in [4.78, 5) is 2.18. The second-order valence-electron chi connectivity index (χ2n) is 4.27. The molecule has 1 N–H and O–H groups in total. The lowest BCUT2D eigenvalue weighted by Crippen LogP contribution is -1.99. The van der Waals surface area contributed by atoms with Gasteiger partial charge in [-0.2, -0.15) is 0 Å². The van der Waals surface area contributed by atoms with Crippen molar-refractivity contribution < 1.29 is 9.84 Å². The third-order valence-electron chi connectivity index (χ3n) is 2.68. The van der Waals surface area contributed by atoms with Crippen molar-refractivity contribution in [1.82, 2.24) is 0 Å². The number of aliphatic hydroxyl groups excluding tert-OH is 1. The fourth-order valence-electron chi connectivity index (χ4n) is 1.76. The quantitative estimate of drug-likeness (QED) is 0.884. The number of rotatable bonds is 5. The van der Waals surface area contributed by atoms with Gasteiger partial charge in [0.15, 0.2) is 0 Å². The van der Waals surface area contributed by atoms with Crippen molar-refractivity contribution in [3.8, 4) is 5.75 Å². The minimum absolute atomic E-state index is 0.561. The highest BCUT2D eigenvalue weighted by atomic mass is 32.1. The zero-order valence-electron chi connectivity index (χ0n) is 10.7. The van der Waals surface area contributed by atoms with E-state index in [4.69, 9.17) is 4.74 Å². The van der Waals surface area contributed by atoms with E-state index in [0.717, 1.165) is 22.6 Å². The zero-order chi connectivity index (χ0) is 13.0. The second kappa shape index (κ2) is 6.03. The Kier molecular flexibility index (Phi) is 4.39. The van der Waals surface area contributed by atoms with Crippen LogP contribution in [0.1, 0.15) is 34.8 Å². The number of hydrogen-bond donors (Lipinski definition) is 1. The molecule has 0 spiro atoms. The number of thiophene rings is 1. The van der Waals surface area contributed by atoms with E-state index in [9.17, 15) is 5.11 Å². The maximum Gasteiger partial charge on any atom is 0.119 e. The molecule has 0 aliphatic heterocycles. The van der Waals surface area contributed by atoms with Gasteiger partial charge in [0.05, 0.1) is 6.61 Å². The highest BCUT2D eigenvalue weighted by molar-refractivity contribution is 7.12. The summed E-state index contributed by atoms with van der Waals surface area (Å²) in [5.74, 6) is 0.821. The van der Waals surface area contributed by atoms with Gasteiger partial charge in [-0.15, -0.1) is 11.3 Å². The average molecular weight is 262 g/mol. The molecular formula is C15H18O2S. The molecule has 0 radical (unpaired) electrons. The first-order valence-electron chi connectivity index (χ1n) is 6.18. The Hall–Kier alpha value is -1.32. The van der Waals surface area contributed by atoms with E-state index in [2.05, 4.69) is 6.92 Å². The molecule has 0 aliphatic carbocycles. The van der Waals surface area contributed by atoms with Crippen LogP contribution in [0.4, 0.5) is 0 Å². The van der Waals surface area contributed by atoms with Crippen LogP contribution in [-0.2, 0) is 0 Å². The third kappa shape index (κ3) is 3.12. The molecule has 2 aromatic rings. The first kappa shape index (κ1) is 13.1.